The minimum absolute atomic E-state index is 0.376. The van der Waals surface area contributed by atoms with Gasteiger partial charge >= 0.3 is 0 Å². The predicted octanol–water partition coefficient (Wildman–Crippen LogP) is 2.19. The zero-order valence-corrected chi connectivity index (χ0v) is 11.2. The largest absolute Gasteiger partial charge is 0.383 e. The second kappa shape index (κ2) is 6.16. The highest BCUT2D eigenvalue weighted by Gasteiger charge is 2.13. The first-order valence-corrected chi connectivity index (χ1v) is 6.69. The monoisotopic (exact) mass is 300 g/mol. The van der Waals surface area contributed by atoms with Gasteiger partial charge in [0.05, 0.1) is 6.10 Å². The van der Waals surface area contributed by atoms with Gasteiger partial charge in [-0.05, 0) is 41.6 Å². The lowest BCUT2D eigenvalue weighted by Gasteiger charge is -2.22. The Balaban J connectivity index is 1.77. The normalized spacial score (nSPS) is 20.2. The number of anilines is 2. The van der Waals surface area contributed by atoms with Crippen molar-refractivity contribution in [3.05, 3.63) is 10.7 Å². The fraction of sp³-hybridized carbons (Fsp3) is 0.636. The van der Waals surface area contributed by atoms with Gasteiger partial charge in [0, 0.05) is 19.2 Å². The van der Waals surface area contributed by atoms with Crippen LogP contribution in [0.4, 0.5) is 11.8 Å². The highest BCUT2D eigenvalue weighted by atomic mass is 79.9. The van der Waals surface area contributed by atoms with E-state index in [0.29, 0.717) is 22.5 Å². The second-order valence-corrected chi connectivity index (χ2v) is 4.96. The molecule has 1 aromatic rings. The number of nitrogens with one attached hydrogen (secondary N) is 1. The summed E-state index contributed by atoms with van der Waals surface area (Å²) < 4.78 is 6.34. The first kappa shape index (κ1) is 12.6. The van der Waals surface area contributed by atoms with E-state index in [2.05, 4.69) is 31.2 Å². The summed E-state index contributed by atoms with van der Waals surface area (Å²) in [6.45, 7) is 1.70. The second-order valence-electron chi connectivity index (χ2n) is 4.14. The number of nitrogens with two attached hydrogens (primary N) is 1. The first-order valence-electron chi connectivity index (χ1n) is 5.89. The Kier molecular flexibility index (Phi) is 4.56. The van der Waals surface area contributed by atoms with Crippen LogP contribution in [0.15, 0.2) is 10.7 Å². The van der Waals surface area contributed by atoms with Crippen LogP contribution in [-0.2, 0) is 4.74 Å². The van der Waals surface area contributed by atoms with Crippen molar-refractivity contribution in [3.63, 3.8) is 0 Å². The summed E-state index contributed by atoms with van der Waals surface area (Å²) in [5.41, 5.74) is 5.63. The Morgan fingerprint density at radius 2 is 2.35 bits per heavy atom. The molecular weight excluding hydrogens is 284 g/mol. The number of nitrogen functional groups attached to an aromatic ring is 1. The summed E-state index contributed by atoms with van der Waals surface area (Å²) in [4.78, 5) is 8.29. The van der Waals surface area contributed by atoms with Crippen molar-refractivity contribution >= 4 is 27.7 Å². The molecule has 1 aliphatic rings. The molecule has 0 aromatic carbocycles. The molecule has 1 atom stereocenters. The van der Waals surface area contributed by atoms with Gasteiger partial charge in [0.25, 0.3) is 0 Å². The third kappa shape index (κ3) is 4.12. The van der Waals surface area contributed by atoms with Gasteiger partial charge in [-0.3, -0.25) is 0 Å². The van der Waals surface area contributed by atoms with Crippen LogP contribution >= 0.6 is 15.9 Å². The minimum atomic E-state index is 0.376. The van der Waals surface area contributed by atoms with Gasteiger partial charge in [0.1, 0.15) is 10.4 Å². The summed E-state index contributed by atoms with van der Waals surface area (Å²) in [5.74, 6) is 1.02. The number of aromatic nitrogens is 2. The van der Waals surface area contributed by atoms with Gasteiger partial charge < -0.3 is 15.8 Å². The van der Waals surface area contributed by atoms with Crippen molar-refractivity contribution in [1.82, 2.24) is 9.97 Å². The Labute approximate surface area is 109 Å². The SMILES string of the molecule is Nc1cc(Br)nc(NCCC2CCCCO2)n1. The van der Waals surface area contributed by atoms with Crippen molar-refractivity contribution in [1.29, 1.82) is 0 Å². The van der Waals surface area contributed by atoms with Crippen LogP contribution < -0.4 is 11.1 Å². The molecule has 17 heavy (non-hydrogen) atoms. The summed E-state index contributed by atoms with van der Waals surface area (Å²) in [5, 5.41) is 3.16. The van der Waals surface area contributed by atoms with E-state index in [1.165, 1.54) is 12.8 Å². The number of rotatable bonds is 4. The summed E-state index contributed by atoms with van der Waals surface area (Å²) >= 11 is 3.29. The Morgan fingerprint density at radius 1 is 1.47 bits per heavy atom. The molecule has 2 rings (SSSR count). The van der Waals surface area contributed by atoms with Crippen molar-refractivity contribution in [3.8, 4) is 0 Å². The van der Waals surface area contributed by atoms with Gasteiger partial charge in [0.2, 0.25) is 5.95 Å². The molecule has 94 valence electrons. The fourth-order valence-corrected chi connectivity index (χ4v) is 2.30. The van der Waals surface area contributed by atoms with Crippen molar-refractivity contribution in [2.24, 2.45) is 0 Å². The molecule has 2 heterocycles. The number of nitrogens with zero attached hydrogens (tertiary/aromatic N) is 2. The molecule has 0 saturated carbocycles. The van der Waals surface area contributed by atoms with E-state index in [1.54, 1.807) is 6.07 Å². The fourth-order valence-electron chi connectivity index (χ4n) is 1.89. The van der Waals surface area contributed by atoms with E-state index in [-0.39, 0.29) is 0 Å². The smallest absolute Gasteiger partial charge is 0.225 e. The van der Waals surface area contributed by atoms with E-state index >= 15 is 0 Å². The quantitative estimate of drug-likeness (QED) is 0.834. The molecule has 0 spiro atoms. The zero-order valence-electron chi connectivity index (χ0n) is 9.66. The molecule has 6 heteroatoms. The lowest BCUT2D eigenvalue weighted by atomic mass is 10.1. The van der Waals surface area contributed by atoms with Crippen LogP contribution in [0, 0.1) is 0 Å². The molecule has 5 nitrogen and oxygen atoms in total. The number of hydrogen-bond acceptors (Lipinski definition) is 5. The minimum Gasteiger partial charge on any atom is -0.383 e. The highest BCUT2D eigenvalue weighted by molar-refractivity contribution is 9.10. The van der Waals surface area contributed by atoms with Gasteiger partial charge in [-0.1, -0.05) is 0 Å². The molecular formula is C11H17BrN4O. The van der Waals surface area contributed by atoms with E-state index in [0.717, 1.165) is 26.0 Å². The van der Waals surface area contributed by atoms with Gasteiger partial charge in [0.15, 0.2) is 0 Å². The topological polar surface area (TPSA) is 73.1 Å². The molecule has 1 fully saturated rings. The lowest BCUT2D eigenvalue weighted by Crippen LogP contribution is -2.22. The zero-order chi connectivity index (χ0) is 12.1. The summed E-state index contributed by atoms with van der Waals surface area (Å²) in [6.07, 6.45) is 4.97. The van der Waals surface area contributed by atoms with Crippen LogP contribution in [0.2, 0.25) is 0 Å². The van der Waals surface area contributed by atoms with Crippen molar-refractivity contribution < 1.29 is 4.74 Å². The molecule has 1 unspecified atom stereocenters. The van der Waals surface area contributed by atoms with Crippen LogP contribution in [0.5, 0.6) is 0 Å². The maximum absolute atomic E-state index is 5.65. The average molecular weight is 301 g/mol. The average Bonchev–Trinajstić information content (AvgIpc) is 2.29. The van der Waals surface area contributed by atoms with Crippen molar-refractivity contribution in [2.45, 2.75) is 31.8 Å². The highest BCUT2D eigenvalue weighted by Crippen LogP contribution is 2.16. The molecule has 0 aliphatic carbocycles. The van der Waals surface area contributed by atoms with Crippen molar-refractivity contribution in [2.75, 3.05) is 24.2 Å². The van der Waals surface area contributed by atoms with Crippen LogP contribution in [0.25, 0.3) is 0 Å². The molecule has 1 aromatic heterocycles. The number of hydrogen-bond donors (Lipinski definition) is 2. The van der Waals surface area contributed by atoms with Gasteiger partial charge in [-0.15, -0.1) is 0 Å². The van der Waals surface area contributed by atoms with E-state index < -0.39 is 0 Å². The van der Waals surface area contributed by atoms with Gasteiger partial charge in [-0.2, -0.15) is 4.98 Å². The lowest BCUT2D eigenvalue weighted by molar-refractivity contribution is 0.0134. The standard InChI is InChI=1S/C11H17BrN4O/c12-9-7-10(13)16-11(15-9)14-5-4-8-3-1-2-6-17-8/h7-8H,1-6H2,(H3,13,14,15,16). The number of ether oxygens (including phenoxy) is 1. The Morgan fingerprint density at radius 3 is 3.06 bits per heavy atom. The summed E-state index contributed by atoms with van der Waals surface area (Å²) in [7, 11) is 0. The molecule has 1 saturated heterocycles. The summed E-state index contributed by atoms with van der Waals surface area (Å²) in [6, 6.07) is 1.68. The molecule has 1 aliphatic heterocycles. The predicted molar refractivity (Wildman–Crippen MR) is 70.8 cm³/mol. The van der Waals surface area contributed by atoms with Crippen LogP contribution in [0.1, 0.15) is 25.7 Å². The van der Waals surface area contributed by atoms with E-state index in [9.17, 15) is 0 Å². The third-order valence-electron chi connectivity index (χ3n) is 2.74. The molecule has 0 amide bonds. The third-order valence-corrected chi connectivity index (χ3v) is 3.14. The van der Waals surface area contributed by atoms with E-state index in [4.69, 9.17) is 10.5 Å². The van der Waals surface area contributed by atoms with E-state index in [1.807, 2.05) is 0 Å². The van der Waals surface area contributed by atoms with Crippen LogP contribution in [0.3, 0.4) is 0 Å². The Hall–Kier alpha value is -0.880. The maximum atomic E-state index is 5.65. The maximum Gasteiger partial charge on any atom is 0.225 e. The number of halogens is 1. The first-order chi connectivity index (χ1) is 8.24. The van der Waals surface area contributed by atoms with Crippen LogP contribution in [-0.4, -0.2) is 29.2 Å². The molecule has 0 bridgehead atoms. The Bertz CT molecular complexity index is 348. The molecule has 3 N–H and O–H groups in total. The van der Waals surface area contributed by atoms with Gasteiger partial charge in [-0.25, -0.2) is 4.98 Å². The molecule has 0 radical (unpaired) electrons.